The third-order valence-corrected chi connectivity index (χ3v) is 3.38. The van der Waals surface area contributed by atoms with Crippen molar-refractivity contribution < 1.29 is 9.90 Å². The Morgan fingerprint density at radius 2 is 2.00 bits per heavy atom. The van der Waals surface area contributed by atoms with Gasteiger partial charge in [0, 0.05) is 6.04 Å². The van der Waals surface area contributed by atoms with Gasteiger partial charge in [-0.15, -0.1) is 0 Å². The Kier molecular flexibility index (Phi) is 2.97. The minimum atomic E-state index is -0.685. The molecule has 0 radical (unpaired) electrons. The summed E-state index contributed by atoms with van der Waals surface area (Å²) in [6.07, 6.45) is 0.740. The number of likely N-dealkylation sites (tertiary alicyclic amines) is 1. The van der Waals surface area contributed by atoms with Crippen LogP contribution in [-0.4, -0.2) is 29.6 Å². The maximum atomic E-state index is 11.2. The van der Waals surface area contributed by atoms with Gasteiger partial charge in [0.25, 0.3) is 0 Å². The van der Waals surface area contributed by atoms with Crippen molar-refractivity contribution in [3.8, 4) is 0 Å². The lowest BCUT2D eigenvalue weighted by Gasteiger charge is -2.23. The van der Waals surface area contributed by atoms with E-state index in [1.54, 1.807) is 0 Å². The van der Waals surface area contributed by atoms with Crippen LogP contribution in [0.5, 0.6) is 0 Å². The number of carboxylic acid groups (broad SMARTS) is 1. The fraction of sp³-hybridized carbons (Fsp3) is 0.462. The van der Waals surface area contributed by atoms with Crippen molar-refractivity contribution in [1.82, 2.24) is 4.90 Å². The molecular weight excluding hydrogens is 202 g/mol. The Morgan fingerprint density at radius 3 is 2.56 bits per heavy atom. The highest BCUT2D eigenvalue weighted by Gasteiger charge is 2.37. The highest BCUT2D eigenvalue weighted by atomic mass is 16.4. The molecule has 2 rings (SSSR count). The molecule has 0 unspecified atom stereocenters. The first-order valence-electron chi connectivity index (χ1n) is 5.59. The summed E-state index contributed by atoms with van der Waals surface area (Å²) in [5.74, 6) is -0.956. The van der Waals surface area contributed by atoms with Crippen LogP contribution < -0.4 is 0 Å². The van der Waals surface area contributed by atoms with Crippen LogP contribution in [0, 0.1) is 12.8 Å². The van der Waals surface area contributed by atoms with E-state index >= 15 is 0 Å². The summed E-state index contributed by atoms with van der Waals surface area (Å²) >= 11 is 0. The summed E-state index contributed by atoms with van der Waals surface area (Å²) in [5, 5.41) is 9.19. The maximum absolute atomic E-state index is 11.2. The molecule has 1 fully saturated rings. The van der Waals surface area contributed by atoms with Crippen LogP contribution in [0.1, 0.15) is 23.6 Å². The number of hydrogen-bond acceptors (Lipinski definition) is 2. The molecule has 16 heavy (non-hydrogen) atoms. The molecule has 0 aliphatic carbocycles. The number of nitrogens with zero attached hydrogens (tertiary/aromatic N) is 1. The lowest BCUT2D eigenvalue weighted by atomic mass is 9.93. The molecule has 1 aromatic rings. The van der Waals surface area contributed by atoms with Gasteiger partial charge in [0.05, 0.1) is 5.92 Å². The SMILES string of the molecule is Cc1ccc([C@@H]2[C@@H](C(=O)O)CCN2C)cc1. The van der Waals surface area contributed by atoms with Gasteiger partial charge in [-0.3, -0.25) is 9.69 Å². The number of aliphatic carboxylic acids is 1. The van der Waals surface area contributed by atoms with Crippen LogP contribution >= 0.6 is 0 Å². The van der Waals surface area contributed by atoms with Gasteiger partial charge in [0.15, 0.2) is 0 Å². The van der Waals surface area contributed by atoms with Gasteiger partial charge < -0.3 is 5.11 Å². The highest BCUT2D eigenvalue weighted by molar-refractivity contribution is 5.71. The van der Waals surface area contributed by atoms with Crippen molar-refractivity contribution in [2.45, 2.75) is 19.4 Å². The number of carbonyl (C=O) groups is 1. The first-order chi connectivity index (χ1) is 7.59. The summed E-state index contributed by atoms with van der Waals surface area (Å²) in [6, 6.07) is 8.19. The van der Waals surface area contributed by atoms with Crippen molar-refractivity contribution in [3.05, 3.63) is 35.4 Å². The fourth-order valence-electron chi connectivity index (χ4n) is 2.46. The van der Waals surface area contributed by atoms with E-state index in [4.69, 9.17) is 0 Å². The number of hydrogen-bond donors (Lipinski definition) is 1. The molecule has 3 nitrogen and oxygen atoms in total. The molecule has 0 spiro atoms. The molecule has 2 atom stereocenters. The van der Waals surface area contributed by atoms with Crippen molar-refractivity contribution in [2.24, 2.45) is 5.92 Å². The second-order valence-corrected chi connectivity index (χ2v) is 4.57. The largest absolute Gasteiger partial charge is 0.481 e. The molecule has 0 bridgehead atoms. The summed E-state index contributed by atoms with van der Waals surface area (Å²) in [6.45, 7) is 2.90. The van der Waals surface area contributed by atoms with Gasteiger partial charge in [-0.2, -0.15) is 0 Å². The molecule has 3 heteroatoms. The van der Waals surface area contributed by atoms with Crippen molar-refractivity contribution >= 4 is 5.97 Å². The van der Waals surface area contributed by atoms with Crippen molar-refractivity contribution in [3.63, 3.8) is 0 Å². The summed E-state index contributed by atoms with van der Waals surface area (Å²) in [7, 11) is 1.99. The van der Waals surface area contributed by atoms with E-state index in [0.29, 0.717) is 0 Å². The van der Waals surface area contributed by atoms with E-state index in [-0.39, 0.29) is 12.0 Å². The zero-order valence-electron chi connectivity index (χ0n) is 9.68. The minimum absolute atomic E-state index is 0.0260. The minimum Gasteiger partial charge on any atom is -0.481 e. The molecule has 0 amide bonds. The zero-order chi connectivity index (χ0) is 11.7. The normalized spacial score (nSPS) is 25.9. The Labute approximate surface area is 95.7 Å². The van der Waals surface area contributed by atoms with E-state index in [1.165, 1.54) is 5.56 Å². The first kappa shape index (κ1) is 11.1. The number of aryl methyl sites for hydroxylation is 1. The lowest BCUT2D eigenvalue weighted by molar-refractivity contribution is -0.142. The van der Waals surface area contributed by atoms with Crippen LogP contribution in [0.2, 0.25) is 0 Å². The molecule has 0 saturated carbocycles. The average Bonchev–Trinajstić information content (AvgIpc) is 2.62. The van der Waals surface area contributed by atoms with E-state index < -0.39 is 5.97 Å². The van der Waals surface area contributed by atoms with E-state index in [2.05, 4.69) is 4.90 Å². The van der Waals surface area contributed by atoms with Gasteiger partial charge in [-0.25, -0.2) is 0 Å². The average molecular weight is 219 g/mol. The monoisotopic (exact) mass is 219 g/mol. The smallest absolute Gasteiger partial charge is 0.308 e. The van der Waals surface area contributed by atoms with Gasteiger partial charge in [0.2, 0.25) is 0 Å². The summed E-state index contributed by atoms with van der Waals surface area (Å²) < 4.78 is 0. The van der Waals surface area contributed by atoms with E-state index in [1.807, 2.05) is 38.2 Å². The summed E-state index contributed by atoms with van der Waals surface area (Å²) in [5.41, 5.74) is 2.31. The number of benzene rings is 1. The Hall–Kier alpha value is -1.35. The van der Waals surface area contributed by atoms with Crippen molar-refractivity contribution in [2.75, 3.05) is 13.6 Å². The topological polar surface area (TPSA) is 40.5 Å². The Balaban J connectivity index is 2.29. The zero-order valence-corrected chi connectivity index (χ0v) is 9.68. The Morgan fingerprint density at radius 1 is 1.38 bits per heavy atom. The van der Waals surface area contributed by atoms with Gasteiger partial charge in [-0.05, 0) is 32.5 Å². The molecule has 1 saturated heterocycles. The van der Waals surface area contributed by atoms with Crippen LogP contribution in [0.3, 0.4) is 0 Å². The molecule has 1 aromatic carbocycles. The van der Waals surface area contributed by atoms with Crippen LogP contribution in [0.25, 0.3) is 0 Å². The number of rotatable bonds is 2. The standard InChI is InChI=1S/C13H17NO2/c1-9-3-5-10(6-4-9)12-11(13(15)16)7-8-14(12)2/h3-6,11-12H,7-8H2,1-2H3,(H,15,16)/t11-,12+/m0/s1. The number of carboxylic acids is 1. The van der Waals surface area contributed by atoms with Crippen LogP contribution in [0.4, 0.5) is 0 Å². The summed E-state index contributed by atoms with van der Waals surface area (Å²) in [4.78, 5) is 13.3. The second-order valence-electron chi connectivity index (χ2n) is 4.57. The van der Waals surface area contributed by atoms with Crippen LogP contribution in [0.15, 0.2) is 24.3 Å². The molecule has 86 valence electrons. The fourth-order valence-corrected chi connectivity index (χ4v) is 2.46. The maximum Gasteiger partial charge on any atom is 0.308 e. The van der Waals surface area contributed by atoms with Crippen LogP contribution in [-0.2, 0) is 4.79 Å². The van der Waals surface area contributed by atoms with Gasteiger partial charge >= 0.3 is 5.97 Å². The molecule has 1 aliphatic rings. The van der Waals surface area contributed by atoms with Crippen molar-refractivity contribution in [1.29, 1.82) is 0 Å². The predicted octanol–water partition coefficient (Wildman–Crippen LogP) is 2.07. The Bertz CT molecular complexity index is 385. The van der Waals surface area contributed by atoms with E-state index in [9.17, 15) is 9.90 Å². The highest BCUT2D eigenvalue weighted by Crippen LogP contribution is 2.36. The lowest BCUT2D eigenvalue weighted by Crippen LogP contribution is -2.25. The first-order valence-corrected chi connectivity index (χ1v) is 5.59. The molecular formula is C13H17NO2. The van der Waals surface area contributed by atoms with Gasteiger partial charge in [0.1, 0.15) is 0 Å². The molecule has 0 aromatic heterocycles. The molecule has 1 heterocycles. The predicted molar refractivity (Wildman–Crippen MR) is 62.3 cm³/mol. The quantitative estimate of drug-likeness (QED) is 0.827. The third-order valence-electron chi connectivity index (χ3n) is 3.38. The van der Waals surface area contributed by atoms with Gasteiger partial charge in [-0.1, -0.05) is 29.8 Å². The van der Waals surface area contributed by atoms with E-state index in [0.717, 1.165) is 18.5 Å². The second kappa shape index (κ2) is 4.26. The molecule has 1 N–H and O–H groups in total. The molecule has 1 aliphatic heterocycles. The third kappa shape index (κ3) is 1.95.